The van der Waals surface area contributed by atoms with Gasteiger partial charge in [-0.05, 0) is 57.6 Å². The molecule has 7 nitrogen and oxygen atoms in total. The van der Waals surface area contributed by atoms with Crippen molar-refractivity contribution in [2.24, 2.45) is 0 Å². The number of hydrogen-bond acceptors (Lipinski definition) is 7. The highest BCUT2D eigenvalue weighted by atomic mass is 16.3. The third kappa shape index (κ3) is 7.01. The van der Waals surface area contributed by atoms with Crippen molar-refractivity contribution >= 4 is 5.69 Å². The summed E-state index contributed by atoms with van der Waals surface area (Å²) in [6.07, 6.45) is 1.64. The first-order valence-corrected chi connectivity index (χ1v) is 12.3. The van der Waals surface area contributed by atoms with Crippen molar-refractivity contribution in [2.75, 3.05) is 25.6 Å². The van der Waals surface area contributed by atoms with Crippen molar-refractivity contribution in [1.29, 1.82) is 0 Å². The molecule has 0 aliphatic rings. The summed E-state index contributed by atoms with van der Waals surface area (Å²) < 4.78 is 0. The lowest BCUT2D eigenvalue weighted by Crippen LogP contribution is -2.29. The van der Waals surface area contributed by atoms with Gasteiger partial charge in [0.2, 0.25) is 0 Å². The number of benzene rings is 3. The zero-order valence-electron chi connectivity index (χ0n) is 21.1. The molecule has 0 bridgehead atoms. The average molecular weight is 499 g/mol. The lowest BCUT2D eigenvalue weighted by atomic mass is 10.0. The molecular formula is C30H34N4O3. The van der Waals surface area contributed by atoms with Crippen LogP contribution in [0.2, 0.25) is 0 Å². The SMILES string of the molecule is CN(C)c1ccc(CNC(O)c2cccc([C@@H](CO)NC(O)c3ccc(-c4ccncc4)cc3)c2)cc1. The van der Waals surface area contributed by atoms with E-state index in [4.69, 9.17) is 0 Å². The number of anilines is 1. The van der Waals surface area contributed by atoms with Crippen LogP contribution >= 0.6 is 0 Å². The summed E-state index contributed by atoms with van der Waals surface area (Å²) in [5.74, 6) is 0. The highest BCUT2D eigenvalue weighted by Crippen LogP contribution is 2.24. The Labute approximate surface area is 218 Å². The molecule has 0 amide bonds. The minimum atomic E-state index is -0.972. The summed E-state index contributed by atoms with van der Waals surface area (Å²) in [6, 6.07) is 26.5. The van der Waals surface area contributed by atoms with Gasteiger partial charge >= 0.3 is 0 Å². The fraction of sp³-hybridized carbons (Fsp3) is 0.233. The molecule has 192 valence electrons. The van der Waals surface area contributed by atoms with E-state index in [0.29, 0.717) is 17.7 Å². The van der Waals surface area contributed by atoms with Gasteiger partial charge in [0.1, 0.15) is 12.5 Å². The summed E-state index contributed by atoms with van der Waals surface area (Å²) in [4.78, 5) is 6.08. The van der Waals surface area contributed by atoms with E-state index in [9.17, 15) is 15.3 Å². The maximum absolute atomic E-state index is 10.8. The van der Waals surface area contributed by atoms with Crippen LogP contribution in [0.3, 0.4) is 0 Å². The second-order valence-corrected chi connectivity index (χ2v) is 9.18. The Morgan fingerprint density at radius 1 is 0.757 bits per heavy atom. The smallest absolute Gasteiger partial charge is 0.131 e. The van der Waals surface area contributed by atoms with E-state index in [2.05, 4.69) is 15.6 Å². The van der Waals surface area contributed by atoms with E-state index in [1.165, 1.54) is 0 Å². The van der Waals surface area contributed by atoms with Crippen LogP contribution in [0.5, 0.6) is 0 Å². The lowest BCUT2D eigenvalue weighted by molar-refractivity contribution is 0.104. The van der Waals surface area contributed by atoms with Crippen LogP contribution in [0.1, 0.15) is 40.8 Å². The van der Waals surface area contributed by atoms with Crippen molar-refractivity contribution in [2.45, 2.75) is 25.0 Å². The zero-order valence-corrected chi connectivity index (χ0v) is 21.1. The number of aromatic nitrogens is 1. The van der Waals surface area contributed by atoms with Crippen LogP contribution in [0.15, 0.2) is 97.3 Å². The molecule has 0 saturated heterocycles. The third-order valence-electron chi connectivity index (χ3n) is 6.36. The quantitative estimate of drug-likeness (QED) is 0.200. The van der Waals surface area contributed by atoms with Gasteiger partial charge in [-0.1, -0.05) is 60.7 Å². The van der Waals surface area contributed by atoms with Crippen molar-refractivity contribution in [1.82, 2.24) is 15.6 Å². The highest BCUT2D eigenvalue weighted by Gasteiger charge is 2.18. The monoisotopic (exact) mass is 498 g/mol. The van der Waals surface area contributed by atoms with E-state index in [0.717, 1.165) is 27.9 Å². The van der Waals surface area contributed by atoms with E-state index >= 15 is 0 Å². The number of hydrogen-bond donors (Lipinski definition) is 5. The van der Waals surface area contributed by atoms with Crippen LogP contribution in [0.25, 0.3) is 11.1 Å². The maximum atomic E-state index is 10.8. The standard InChI is InChI=1S/C30H34N4O3/c1-34(2)27-12-6-21(7-13-27)19-32-29(36)26-5-3-4-25(18-26)28(20-35)33-30(37)24-10-8-22(9-11-24)23-14-16-31-17-15-23/h3-18,28-30,32-33,35-37H,19-20H2,1-2H3/t28-,29?,30?/m1/s1. The van der Waals surface area contributed by atoms with Crippen LogP contribution < -0.4 is 15.5 Å². The van der Waals surface area contributed by atoms with E-state index < -0.39 is 18.5 Å². The molecule has 3 aromatic carbocycles. The molecule has 0 fully saturated rings. The van der Waals surface area contributed by atoms with Crippen molar-refractivity contribution < 1.29 is 15.3 Å². The number of aliphatic hydroxyl groups excluding tert-OH is 3. The molecule has 37 heavy (non-hydrogen) atoms. The number of pyridine rings is 1. The van der Waals surface area contributed by atoms with Gasteiger partial charge < -0.3 is 20.2 Å². The van der Waals surface area contributed by atoms with Gasteiger partial charge in [0, 0.05) is 38.7 Å². The fourth-order valence-electron chi connectivity index (χ4n) is 4.13. The highest BCUT2D eigenvalue weighted by molar-refractivity contribution is 5.63. The van der Waals surface area contributed by atoms with Gasteiger partial charge in [0.15, 0.2) is 0 Å². The molecular weight excluding hydrogens is 464 g/mol. The van der Waals surface area contributed by atoms with Crippen LogP contribution in [-0.2, 0) is 6.54 Å². The molecule has 5 N–H and O–H groups in total. The molecule has 1 aromatic heterocycles. The normalized spacial score (nSPS) is 13.6. The number of nitrogens with zero attached hydrogens (tertiary/aromatic N) is 2. The molecule has 4 aromatic rings. The molecule has 0 saturated carbocycles. The minimum Gasteiger partial charge on any atom is -0.394 e. The fourth-order valence-corrected chi connectivity index (χ4v) is 4.13. The maximum Gasteiger partial charge on any atom is 0.131 e. The van der Waals surface area contributed by atoms with Gasteiger partial charge in [-0.25, -0.2) is 0 Å². The Morgan fingerprint density at radius 3 is 2.05 bits per heavy atom. The largest absolute Gasteiger partial charge is 0.394 e. The van der Waals surface area contributed by atoms with Gasteiger partial charge in [-0.2, -0.15) is 0 Å². The summed E-state index contributed by atoms with van der Waals surface area (Å²) >= 11 is 0. The van der Waals surface area contributed by atoms with Crippen LogP contribution in [0.4, 0.5) is 5.69 Å². The van der Waals surface area contributed by atoms with Gasteiger partial charge in [-0.3, -0.25) is 15.6 Å². The Hall–Kier alpha value is -3.59. The minimum absolute atomic E-state index is 0.211. The van der Waals surface area contributed by atoms with Crippen molar-refractivity contribution in [3.05, 3.63) is 120 Å². The average Bonchev–Trinajstić information content (AvgIpc) is 2.95. The Balaban J connectivity index is 1.38. The Bertz CT molecular complexity index is 1250. The number of rotatable bonds is 11. The van der Waals surface area contributed by atoms with Gasteiger partial charge in [0.05, 0.1) is 12.6 Å². The first kappa shape index (κ1) is 26.5. The summed E-state index contributed by atoms with van der Waals surface area (Å²) in [6.45, 7) is 0.298. The second kappa shape index (κ2) is 12.6. The Morgan fingerprint density at radius 2 is 1.41 bits per heavy atom. The molecule has 7 heteroatoms. The summed E-state index contributed by atoms with van der Waals surface area (Å²) in [7, 11) is 3.99. The zero-order chi connectivity index (χ0) is 26.2. The Kier molecular flexibility index (Phi) is 9.00. The van der Waals surface area contributed by atoms with E-state index in [1.54, 1.807) is 12.4 Å². The van der Waals surface area contributed by atoms with Crippen LogP contribution in [0, 0.1) is 0 Å². The molecule has 2 unspecified atom stereocenters. The molecule has 0 aliphatic carbocycles. The molecule has 1 heterocycles. The topological polar surface area (TPSA) is 101 Å². The van der Waals surface area contributed by atoms with Gasteiger partial charge in [-0.15, -0.1) is 0 Å². The molecule has 0 spiro atoms. The van der Waals surface area contributed by atoms with Crippen molar-refractivity contribution in [3.63, 3.8) is 0 Å². The predicted molar refractivity (Wildman–Crippen MR) is 147 cm³/mol. The van der Waals surface area contributed by atoms with E-state index in [1.807, 2.05) is 104 Å². The summed E-state index contributed by atoms with van der Waals surface area (Å²) in [5, 5.41) is 37.8. The molecule has 0 radical (unpaired) electrons. The molecule has 4 rings (SSSR count). The first-order chi connectivity index (χ1) is 17.9. The first-order valence-electron chi connectivity index (χ1n) is 12.3. The molecule has 3 atom stereocenters. The van der Waals surface area contributed by atoms with Gasteiger partial charge in [0.25, 0.3) is 0 Å². The number of nitrogens with one attached hydrogen (secondary N) is 2. The van der Waals surface area contributed by atoms with Crippen LogP contribution in [-0.4, -0.2) is 41.0 Å². The molecule has 0 aliphatic heterocycles. The predicted octanol–water partition coefficient (Wildman–Crippen LogP) is 3.91. The lowest BCUT2D eigenvalue weighted by Gasteiger charge is -2.23. The number of aliphatic hydroxyl groups is 3. The second-order valence-electron chi connectivity index (χ2n) is 9.18. The van der Waals surface area contributed by atoms with E-state index in [-0.39, 0.29) is 6.61 Å². The summed E-state index contributed by atoms with van der Waals surface area (Å²) in [5.41, 5.74) is 6.39. The van der Waals surface area contributed by atoms with Crippen molar-refractivity contribution in [3.8, 4) is 11.1 Å². The third-order valence-corrected chi connectivity index (χ3v) is 6.36.